The van der Waals surface area contributed by atoms with Gasteiger partial charge in [-0.2, -0.15) is 0 Å². The Labute approximate surface area is 128 Å². The monoisotopic (exact) mass is 300 g/mol. The number of nitrogens with one attached hydrogen (secondary N) is 1. The number of rotatable bonds is 5. The Kier molecular flexibility index (Phi) is 3.85. The molecule has 0 bridgehead atoms. The SMILES string of the molecule is COc1ccc2c(c1)[nH]c1c(=O)n(CCCN(C)C)cnc12. The third-order valence-corrected chi connectivity index (χ3v) is 3.78. The number of aromatic nitrogens is 3. The summed E-state index contributed by atoms with van der Waals surface area (Å²) in [4.78, 5) is 22.3. The van der Waals surface area contributed by atoms with Crippen LogP contribution < -0.4 is 10.3 Å². The molecule has 1 aromatic carbocycles. The number of ether oxygens (including phenoxy) is 1. The third-order valence-electron chi connectivity index (χ3n) is 3.78. The quantitative estimate of drug-likeness (QED) is 0.781. The van der Waals surface area contributed by atoms with Gasteiger partial charge in [0.2, 0.25) is 0 Å². The van der Waals surface area contributed by atoms with Gasteiger partial charge in [-0.3, -0.25) is 9.36 Å². The van der Waals surface area contributed by atoms with Crippen LogP contribution in [0.1, 0.15) is 6.42 Å². The average Bonchev–Trinajstić information content (AvgIpc) is 2.87. The molecule has 1 N–H and O–H groups in total. The molecule has 0 aliphatic carbocycles. The third kappa shape index (κ3) is 2.57. The van der Waals surface area contributed by atoms with E-state index in [9.17, 15) is 4.79 Å². The summed E-state index contributed by atoms with van der Waals surface area (Å²) in [7, 11) is 5.67. The Morgan fingerprint density at radius 3 is 2.91 bits per heavy atom. The Morgan fingerprint density at radius 1 is 1.36 bits per heavy atom. The molecule has 0 fully saturated rings. The Hall–Kier alpha value is -2.34. The molecule has 116 valence electrons. The van der Waals surface area contributed by atoms with Crippen molar-refractivity contribution in [3.63, 3.8) is 0 Å². The fourth-order valence-electron chi connectivity index (χ4n) is 2.62. The van der Waals surface area contributed by atoms with E-state index in [0.29, 0.717) is 17.6 Å². The normalized spacial score (nSPS) is 11.6. The summed E-state index contributed by atoms with van der Waals surface area (Å²) < 4.78 is 6.88. The number of fused-ring (bicyclic) bond motifs is 3. The van der Waals surface area contributed by atoms with Gasteiger partial charge in [-0.25, -0.2) is 4.98 Å². The summed E-state index contributed by atoms with van der Waals surface area (Å²) in [5.41, 5.74) is 2.10. The van der Waals surface area contributed by atoms with Crippen LogP contribution in [0.15, 0.2) is 29.3 Å². The minimum atomic E-state index is -0.0288. The molecule has 0 atom stereocenters. The Morgan fingerprint density at radius 2 is 2.18 bits per heavy atom. The molecule has 2 heterocycles. The lowest BCUT2D eigenvalue weighted by molar-refractivity contribution is 0.384. The highest BCUT2D eigenvalue weighted by atomic mass is 16.5. The molecular weight excluding hydrogens is 280 g/mol. The van der Waals surface area contributed by atoms with E-state index in [0.717, 1.165) is 29.6 Å². The number of nitrogens with zero attached hydrogens (tertiary/aromatic N) is 3. The summed E-state index contributed by atoms with van der Waals surface area (Å²) >= 11 is 0. The number of methoxy groups -OCH3 is 1. The molecular formula is C16H20N4O2. The number of hydrogen-bond donors (Lipinski definition) is 1. The van der Waals surface area contributed by atoms with E-state index in [2.05, 4.69) is 14.9 Å². The molecule has 0 saturated carbocycles. The molecule has 2 aromatic heterocycles. The molecule has 0 radical (unpaired) electrons. The van der Waals surface area contributed by atoms with E-state index in [1.807, 2.05) is 32.3 Å². The molecule has 6 heteroatoms. The maximum absolute atomic E-state index is 12.6. The second-order valence-electron chi connectivity index (χ2n) is 5.66. The molecule has 0 saturated heterocycles. The molecule has 3 rings (SSSR count). The first kappa shape index (κ1) is 14.6. The minimum absolute atomic E-state index is 0.0288. The zero-order valence-electron chi connectivity index (χ0n) is 13.1. The van der Waals surface area contributed by atoms with E-state index >= 15 is 0 Å². The fourth-order valence-corrected chi connectivity index (χ4v) is 2.62. The summed E-state index contributed by atoms with van der Waals surface area (Å²) in [5, 5.41) is 0.938. The van der Waals surface area contributed by atoms with Gasteiger partial charge in [-0.05, 0) is 39.2 Å². The Bertz CT molecular complexity index is 864. The first-order chi connectivity index (χ1) is 10.6. The standard InChI is InChI=1S/C16H20N4O2/c1-19(2)7-4-8-20-10-17-14-12-6-5-11(22-3)9-13(12)18-15(14)16(20)21/h5-6,9-10,18H,4,7-8H2,1-3H3. The van der Waals surface area contributed by atoms with Crippen molar-refractivity contribution in [3.8, 4) is 5.75 Å². The van der Waals surface area contributed by atoms with E-state index in [1.54, 1.807) is 18.0 Å². The van der Waals surface area contributed by atoms with E-state index in [4.69, 9.17) is 4.74 Å². The molecule has 0 amide bonds. The largest absolute Gasteiger partial charge is 0.497 e. The van der Waals surface area contributed by atoms with Gasteiger partial charge in [-0.1, -0.05) is 0 Å². The lowest BCUT2D eigenvalue weighted by Gasteiger charge is -2.10. The van der Waals surface area contributed by atoms with Crippen LogP contribution in [0.25, 0.3) is 21.9 Å². The lowest BCUT2D eigenvalue weighted by atomic mass is 10.2. The van der Waals surface area contributed by atoms with Gasteiger partial charge in [0.15, 0.2) is 0 Å². The number of H-pyrrole nitrogens is 1. The highest BCUT2D eigenvalue weighted by Crippen LogP contribution is 2.25. The maximum atomic E-state index is 12.6. The molecule has 22 heavy (non-hydrogen) atoms. The van der Waals surface area contributed by atoms with Crippen molar-refractivity contribution in [1.82, 2.24) is 19.4 Å². The Balaban J connectivity index is 2.03. The van der Waals surface area contributed by atoms with Crippen molar-refractivity contribution >= 4 is 21.9 Å². The van der Waals surface area contributed by atoms with Gasteiger partial charge in [0.1, 0.15) is 16.8 Å². The van der Waals surface area contributed by atoms with E-state index in [1.165, 1.54) is 0 Å². The van der Waals surface area contributed by atoms with Gasteiger partial charge in [0, 0.05) is 18.0 Å². The van der Waals surface area contributed by atoms with Crippen molar-refractivity contribution in [2.45, 2.75) is 13.0 Å². The molecule has 0 spiro atoms. The first-order valence-corrected chi connectivity index (χ1v) is 7.30. The second kappa shape index (κ2) is 5.81. The van der Waals surface area contributed by atoms with Crippen molar-refractivity contribution in [2.24, 2.45) is 0 Å². The van der Waals surface area contributed by atoms with Crippen LogP contribution in [-0.4, -0.2) is 47.2 Å². The predicted molar refractivity (Wildman–Crippen MR) is 87.6 cm³/mol. The van der Waals surface area contributed by atoms with E-state index < -0.39 is 0 Å². The van der Waals surface area contributed by atoms with Crippen LogP contribution in [0.2, 0.25) is 0 Å². The van der Waals surface area contributed by atoms with Gasteiger partial charge < -0.3 is 14.6 Å². The van der Waals surface area contributed by atoms with Crippen molar-refractivity contribution in [1.29, 1.82) is 0 Å². The van der Waals surface area contributed by atoms with Crippen LogP contribution in [0, 0.1) is 0 Å². The smallest absolute Gasteiger partial charge is 0.277 e. The van der Waals surface area contributed by atoms with Crippen LogP contribution in [0.4, 0.5) is 0 Å². The van der Waals surface area contributed by atoms with Crippen LogP contribution in [0.3, 0.4) is 0 Å². The topological polar surface area (TPSA) is 63.2 Å². The zero-order valence-corrected chi connectivity index (χ0v) is 13.1. The zero-order chi connectivity index (χ0) is 15.7. The van der Waals surface area contributed by atoms with Gasteiger partial charge >= 0.3 is 0 Å². The van der Waals surface area contributed by atoms with Crippen LogP contribution >= 0.6 is 0 Å². The summed E-state index contributed by atoms with van der Waals surface area (Å²) in [6, 6.07) is 5.68. The predicted octanol–water partition coefficient (Wildman–Crippen LogP) is 1.84. The molecule has 0 aliphatic heterocycles. The number of benzene rings is 1. The lowest BCUT2D eigenvalue weighted by Crippen LogP contribution is -2.23. The summed E-state index contributed by atoms with van der Waals surface area (Å²) in [6.07, 6.45) is 2.55. The molecule has 0 unspecified atom stereocenters. The van der Waals surface area contributed by atoms with Crippen LogP contribution in [0.5, 0.6) is 5.75 Å². The highest BCUT2D eigenvalue weighted by molar-refractivity contribution is 6.04. The van der Waals surface area contributed by atoms with Crippen molar-refractivity contribution in [2.75, 3.05) is 27.7 Å². The molecule has 3 aromatic rings. The molecule has 6 nitrogen and oxygen atoms in total. The average molecular weight is 300 g/mol. The van der Waals surface area contributed by atoms with Gasteiger partial charge in [0.05, 0.1) is 19.0 Å². The number of aromatic amines is 1. The van der Waals surface area contributed by atoms with Crippen molar-refractivity contribution < 1.29 is 4.74 Å². The number of hydrogen-bond acceptors (Lipinski definition) is 4. The minimum Gasteiger partial charge on any atom is -0.497 e. The molecule has 0 aliphatic rings. The first-order valence-electron chi connectivity index (χ1n) is 7.30. The summed E-state index contributed by atoms with van der Waals surface area (Å²) in [5.74, 6) is 0.755. The number of aryl methyl sites for hydroxylation is 1. The van der Waals surface area contributed by atoms with E-state index in [-0.39, 0.29) is 5.56 Å². The van der Waals surface area contributed by atoms with Crippen LogP contribution in [-0.2, 0) is 6.54 Å². The highest BCUT2D eigenvalue weighted by Gasteiger charge is 2.11. The van der Waals surface area contributed by atoms with Gasteiger partial charge in [0.25, 0.3) is 5.56 Å². The second-order valence-corrected chi connectivity index (χ2v) is 5.66. The van der Waals surface area contributed by atoms with Gasteiger partial charge in [-0.15, -0.1) is 0 Å². The summed E-state index contributed by atoms with van der Waals surface area (Å²) in [6.45, 7) is 1.60. The van der Waals surface area contributed by atoms with Crippen molar-refractivity contribution in [3.05, 3.63) is 34.9 Å². The maximum Gasteiger partial charge on any atom is 0.277 e. The fraction of sp³-hybridized carbons (Fsp3) is 0.375.